The molecule has 3 rings (SSSR count). The van der Waals surface area contributed by atoms with Crippen molar-refractivity contribution in [2.45, 2.75) is 44.4 Å². The fraction of sp³-hybridized carbons (Fsp3) is 0.538. The van der Waals surface area contributed by atoms with E-state index in [0.717, 1.165) is 12.2 Å². The quantitative estimate of drug-likeness (QED) is 0.638. The van der Waals surface area contributed by atoms with Gasteiger partial charge in [-0.2, -0.15) is 0 Å². The Kier molecular flexibility index (Phi) is 3.35. The standard InChI is InChI=1S/C13H19N5O/c1-8-6-12(18-17-8)16-13(19)9-2-5-11(14-7-9)15-10-3-4-10/h2,5,7-8,10,12,17-18H,3-4,6H2,1H3,(H,14,15)(H,16,19). The summed E-state index contributed by atoms with van der Waals surface area (Å²) in [5.41, 5.74) is 6.70. The summed E-state index contributed by atoms with van der Waals surface area (Å²) in [5, 5.41) is 6.22. The molecule has 19 heavy (non-hydrogen) atoms. The summed E-state index contributed by atoms with van der Waals surface area (Å²) in [4.78, 5) is 16.3. The maximum atomic E-state index is 12.0. The van der Waals surface area contributed by atoms with Crippen LogP contribution in [0, 0.1) is 0 Å². The molecule has 2 aliphatic rings. The van der Waals surface area contributed by atoms with Crippen LogP contribution in [0.4, 0.5) is 5.82 Å². The van der Waals surface area contributed by atoms with E-state index in [9.17, 15) is 4.79 Å². The SMILES string of the molecule is CC1CC(NC(=O)c2ccc(NC3CC3)nc2)NN1. The van der Waals surface area contributed by atoms with Crippen LogP contribution in [0.2, 0.25) is 0 Å². The highest BCUT2D eigenvalue weighted by atomic mass is 16.1. The smallest absolute Gasteiger partial charge is 0.254 e. The van der Waals surface area contributed by atoms with E-state index in [1.54, 1.807) is 12.3 Å². The molecule has 2 heterocycles. The molecule has 1 saturated heterocycles. The van der Waals surface area contributed by atoms with Crippen molar-refractivity contribution in [3.8, 4) is 0 Å². The van der Waals surface area contributed by atoms with Crippen molar-refractivity contribution in [1.29, 1.82) is 0 Å². The summed E-state index contributed by atoms with van der Waals surface area (Å²) >= 11 is 0. The Labute approximate surface area is 112 Å². The van der Waals surface area contributed by atoms with E-state index < -0.39 is 0 Å². The lowest BCUT2D eigenvalue weighted by Crippen LogP contribution is -2.44. The highest BCUT2D eigenvalue weighted by Gasteiger charge is 2.23. The van der Waals surface area contributed by atoms with Gasteiger partial charge in [0.1, 0.15) is 5.82 Å². The molecule has 1 aliphatic heterocycles. The van der Waals surface area contributed by atoms with E-state index >= 15 is 0 Å². The lowest BCUT2D eigenvalue weighted by Gasteiger charge is -2.12. The van der Waals surface area contributed by atoms with Gasteiger partial charge in [-0.15, -0.1) is 0 Å². The zero-order chi connectivity index (χ0) is 13.2. The van der Waals surface area contributed by atoms with Gasteiger partial charge in [0, 0.05) is 18.3 Å². The molecule has 2 unspecified atom stereocenters. The Hall–Kier alpha value is -1.66. The van der Waals surface area contributed by atoms with Gasteiger partial charge >= 0.3 is 0 Å². The second-order valence-electron chi connectivity index (χ2n) is 5.30. The average molecular weight is 261 g/mol. The molecule has 1 aromatic heterocycles. The molecule has 0 radical (unpaired) electrons. The number of anilines is 1. The number of rotatable bonds is 4. The predicted molar refractivity (Wildman–Crippen MR) is 72.5 cm³/mol. The van der Waals surface area contributed by atoms with E-state index in [4.69, 9.17) is 0 Å². The van der Waals surface area contributed by atoms with Crippen LogP contribution < -0.4 is 21.5 Å². The number of carbonyl (C=O) groups excluding carboxylic acids is 1. The van der Waals surface area contributed by atoms with Gasteiger partial charge in [-0.05, 0) is 38.3 Å². The molecule has 0 spiro atoms. The summed E-state index contributed by atoms with van der Waals surface area (Å²) in [5.74, 6) is 0.743. The van der Waals surface area contributed by atoms with Gasteiger partial charge in [-0.1, -0.05) is 0 Å². The van der Waals surface area contributed by atoms with Crippen LogP contribution in [0.5, 0.6) is 0 Å². The molecule has 0 bridgehead atoms. The van der Waals surface area contributed by atoms with Crippen LogP contribution in [-0.2, 0) is 0 Å². The van der Waals surface area contributed by atoms with Gasteiger partial charge in [-0.25, -0.2) is 10.4 Å². The number of nitrogens with zero attached hydrogens (tertiary/aromatic N) is 1. The number of aromatic nitrogens is 1. The van der Waals surface area contributed by atoms with Gasteiger partial charge in [0.2, 0.25) is 0 Å². The maximum Gasteiger partial charge on any atom is 0.254 e. The second kappa shape index (κ2) is 5.14. The van der Waals surface area contributed by atoms with Crippen molar-refractivity contribution in [3.05, 3.63) is 23.9 Å². The van der Waals surface area contributed by atoms with Gasteiger partial charge in [-0.3, -0.25) is 10.2 Å². The molecule has 6 heteroatoms. The van der Waals surface area contributed by atoms with Crippen LogP contribution in [-0.4, -0.2) is 29.1 Å². The number of nitrogens with one attached hydrogen (secondary N) is 4. The lowest BCUT2D eigenvalue weighted by molar-refractivity contribution is 0.0932. The molecule has 1 aliphatic carbocycles. The number of carbonyl (C=O) groups is 1. The summed E-state index contributed by atoms with van der Waals surface area (Å²) in [6.45, 7) is 2.07. The third-order valence-corrected chi connectivity index (χ3v) is 3.35. The third kappa shape index (κ3) is 3.21. The molecule has 1 amide bonds. The van der Waals surface area contributed by atoms with Gasteiger partial charge in [0.25, 0.3) is 5.91 Å². The second-order valence-corrected chi connectivity index (χ2v) is 5.30. The number of hydrogen-bond acceptors (Lipinski definition) is 5. The minimum absolute atomic E-state index is 0.0215. The first kappa shape index (κ1) is 12.4. The van der Waals surface area contributed by atoms with Crippen molar-refractivity contribution >= 4 is 11.7 Å². The van der Waals surface area contributed by atoms with E-state index in [-0.39, 0.29) is 12.1 Å². The molecule has 0 aromatic carbocycles. The molecule has 1 saturated carbocycles. The highest BCUT2D eigenvalue weighted by molar-refractivity contribution is 5.94. The third-order valence-electron chi connectivity index (χ3n) is 3.35. The predicted octanol–water partition coefficient (Wildman–Crippen LogP) is 0.598. The zero-order valence-corrected chi connectivity index (χ0v) is 10.9. The van der Waals surface area contributed by atoms with Crippen LogP contribution in [0.1, 0.15) is 36.5 Å². The average Bonchev–Trinajstić information content (AvgIpc) is 3.12. The molecular weight excluding hydrogens is 242 g/mol. The Bertz CT molecular complexity index is 457. The van der Waals surface area contributed by atoms with Crippen molar-refractivity contribution in [2.24, 2.45) is 0 Å². The Morgan fingerprint density at radius 2 is 2.21 bits per heavy atom. The number of hydrogen-bond donors (Lipinski definition) is 4. The summed E-state index contributed by atoms with van der Waals surface area (Å²) in [6.07, 6.45) is 4.89. The normalized spacial score (nSPS) is 26.2. The maximum absolute atomic E-state index is 12.0. The summed E-state index contributed by atoms with van der Waals surface area (Å²) in [6, 6.07) is 4.60. The van der Waals surface area contributed by atoms with E-state index in [0.29, 0.717) is 17.6 Å². The van der Waals surface area contributed by atoms with E-state index in [2.05, 4.69) is 33.4 Å². The molecule has 2 fully saturated rings. The van der Waals surface area contributed by atoms with Crippen LogP contribution >= 0.6 is 0 Å². The van der Waals surface area contributed by atoms with Crippen LogP contribution in [0.25, 0.3) is 0 Å². The van der Waals surface area contributed by atoms with E-state index in [1.807, 2.05) is 6.07 Å². The van der Waals surface area contributed by atoms with Crippen molar-refractivity contribution in [3.63, 3.8) is 0 Å². The lowest BCUT2D eigenvalue weighted by atomic mass is 10.2. The monoisotopic (exact) mass is 261 g/mol. The molecule has 6 nitrogen and oxygen atoms in total. The number of hydrazine groups is 1. The fourth-order valence-electron chi connectivity index (χ4n) is 2.10. The van der Waals surface area contributed by atoms with Crippen molar-refractivity contribution in [2.75, 3.05) is 5.32 Å². The molecule has 4 N–H and O–H groups in total. The Balaban J connectivity index is 1.56. The largest absolute Gasteiger partial charge is 0.367 e. The fourth-order valence-corrected chi connectivity index (χ4v) is 2.10. The first-order chi connectivity index (χ1) is 9.20. The molecular formula is C13H19N5O. The Morgan fingerprint density at radius 3 is 2.79 bits per heavy atom. The first-order valence-electron chi connectivity index (χ1n) is 6.75. The molecule has 102 valence electrons. The van der Waals surface area contributed by atoms with Crippen LogP contribution in [0.15, 0.2) is 18.3 Å². The van der Waals surface area contributed by atoms with Gasteiger partial charge < -0.3 is 10.6 Å². The van der Waals surface area contributed by atoms with Gasteiger partial charge in [0.05, 0.1) is 11.7 Å². The number of amides is 1. The zero-order valence-electron chi connectivity index (χ0n) is 10.9. The minimum Gasteiger partial charge on any atom is -0.367 e. The number of pyridine rings is 1. The van der Waals surface area contributed by atoms with Crippen molar-refractivity contribution in [1.82, 2.24) is 21.2 Å². The minimum atomic E-state index is -0.0983. The Morgan fingerprint density at radius 1 is 1.37 bits per heavy atom. The van der Waals surface area contributed by atoms with Crippen molar-refractivity contribution < 1.29 is 4.79 Å². The van der Waals surface area contributed by atoms with Gasteiger partial charge in [0.15, 0.2) is 0 Å². The summed E-state index contributed by atoms with van der Waals surface area (Å²) in [7, 11) is 0. The molecule has 1 aromatic rings. The topological polar surface area (TPSA) is 78.1 Å². The van der Waals surface area contributed by atoms with E-state index in [1.165, 1.54) is 12.8 Å². The summed E-state index contributed by atoms with van der Waals surface area (Å²) < 4.78 is 0. The highest BCUT2D eigenvalue weighted by Crippen LogP contribution is 2.23. The first-order valence-corrected chi connectivity index (χ1v) is 6.75. The van der Waals surface area contributed by atoms with Crippen LogP contribution in [0.3, 0.4) is 0 Å². The molecule has 2 atom stereocenters.